The van der Waals surface area contributed by atoms with Gasteiger partial charge in [-0.1, -0.05) is 34.9 Å². The molecule has 0 amide bonds. The van der Waals surface area contributed by atoms with Crippen LogP contribution in [0.2, 0.25) is 0 Å². The first kappa shape index (κ1) is 40.0. The minimum atomic E-state index is 0. The van der Waals surface area contributed by atoms with Crippen molar-refractivity contribution in [3.05, 3.63) is 126 Å². The van der Waals surface area contributed by atoms with Gasteiger partial charge in [-0.3, -0.25) is 0 Å². The fraction of sp³-hybridized carbons (Fsp3) is 0.100. The van der Waals surface area contributed by atoms with Crippen molar-refractivity contribution in [3.8, 4) is 0 Å². The minimum absolute atomic E-state index is 0. The Balaban J connectivity index is -0.000000419. The number of halogens is 3. The van der Waals surface area contributed by atoms with E-state index in [9.17, 15) is 0 Å². The van der Waals surface area contributed by atoms with Gasteiger partial charge in [0.25, 0.3) is 0 Å². The molecule has 0 unspecified atom stereocenters. The second-order valence-corrected chi connectivity index (χ2v) is 7.81. The third-order valence-electron chi connectivity index (χ3n) is 5.69. The molecule has 6 aromatic carbocycles. The second-order valence-electron chi connectivity index (χ2n) is 7.81. The van der Waals surface area contributed by atoms with Crippen LogP contribution in [0.5, 0.6) is 0 Å². The Morgan fingerprint density at radius 2 is 0.639 bits per heavy atom. The van der Waals surface area contributed by atoms with E-state index >= 15 is 0 Å². The third kappa shape index (κ3) is 10.00. The molecule has 0 saturated carbocycles. The molecule has 6 heteroatoms. The van der Waals surface area contributed by atoms with Gasteiger partial charge in [-0.2, -0.15) is 36.4 Å². The van der Waals surface area contributed by atoms with E-state index in [1.807, 2.05) is 0 Å². The zero-order chi connectivity index (χ0) is 20.9. The molecular formula is C30H27Cl3Ti3. The molecule has 6 aromatic rings. The van der Waals surface area contributed by atoms with E-state index in [4.69, 9.17) is 0 Å². The molecule has 0 spiro atoms. The Morgan fingerprint density at radius 1 is 0.389 bits per heavy atom. The van der Waals surface area contributed by atoms with E-state index in [2.05, 4.69) is 130 Å². The minimum Gasteiger partial charge on any atom is -1.00 e. The molecule has 0 aliphatic rings. The average molecular weight is 638 g/mol. The van der Waals surface area contributed by atoms with Gasteiger partial charge in [0.2, 0.25) is 0 Å². The summed E-state index contributed by atoms with van der Waals surface area (Å²) in [6, 6.07) is 38.3. The molecule has 0 bridgehead atoms. The van der Waals surface area contributed by atoms with E-state index in [-0.39, 0.29) is 102 Å². The summed E-state index contributed by atoms with van der Waals surface area (Å²) < 4.78 is 0. The smallest absolute Gasteiger partial charge is 1.00 e. The van der Waals surface area contributed by atoms with Crippen LogP contribution < -0.4 is 37.2 Å². The summed E-state index contributed by atoms with van der Waals surface area (Å²) in [6.45, 7) is 6.42. The molecule has 0 radical (unpaired) electrons. The van der Waals surface area contributed by atoms with Crippen LogP contribution in [-0.2, 0) is 65.2 Å². The van der Waals surface area contributed by atoms with Gasteiger partial charge >= 0.3 is 65.2 Å². The van der Waals surface area contributed by atoms with Crippen molar-refractivity contribution in [1.82, 2.24) is 0 Å². The molecule has 0 N–H and O–H groups in total. The summed E-state index contributed by atoms with van der Waals surface area (Å²) >= 11 is 0. The van der Waals surface area contributed by atoms with E-state index < -0.39 is 0 Å². The Labute approximate surface area is 278 Å². The molecule has 36 heavy (non-hydrogen) atoms. The molecule has 0 saturated heterocycles. The quantitative estimate of drug-likeness (QED) is 0.157. The zero-order valence-electron chi connectivity index (χ0n) is 20.5. The van der Waals surface area contributed by atoms with Gasteiger partial charge in [-0.15, -0.1) is 86.9 Å². The Kier molecular flexibility index (Phi) is 21.7. The Bertz CT molecular complexity index is 1230. The predicted octanol–water partition coefficient (Wildman–Crippen LogP) is -0.394. The van der Waals surface area contributed by atoms with Gasteiger partial charge in [0.1, 0.15) is 0 Å². The molecule has 0 aliphatic carbocycles. The monoisotopic (exact) mass is 636 g/mol. The van der Waals surface area contributed by atoms with E-state index in [1.54, 1.807) is 0 Å². The van der Waals surface area contributed by atoms with Crippen molar-refractivity contribution >= 4 is 32.3 Å². The topological polar surface area (TPSA) is 0 Å². The van der Waals surface area contributed by atoms with Crippen molar-refractivity contribution in [3.63, 3.8) is 0 Å². The van der Waals surface area contributed by atoms with Gasteiger partial charge in [0.15, 0.2) is 0 Å². The molecule has 180 valence electrons. The van der Waals surface area contributed by atoms with Gasteiger partial charge in [-0.05, 0) is 20.8 Å². The average Bonchev–Trinajstić information content (AvgIpc) is 3.50. The standard InChI is InChI=1S/3C10H9.3ClH.3Ti/c3*1-8-4-2-5-9-6-3-7-10(8)9;;;;;;/h3*2-7H,1H3;3*1H;;;/q3*-1;;;;3*+2/p-3. The number of benzene rings is 3. The first-order chi connectivity index (χ1) is 14.6. The third-order valence-corrected chi connectivity index (χ3v) is 5.69. The van der Waals surface area contributed by atoms with Crippen molar-refractivity contribution in [1.29, 1.82) is 0 Å². The normalized spacial score (nSPS) is 8.75. The zero-order valence-corrected chi connectivity index (χ0v) is 27.5. The molecule has 0 fully saturated rings. The van der Waals surface area contributed by atoms with Gasteiger partial charge < -0.3 is 37.2 Å². The number of rotatable bonds is 0. The van der Waals surface area contributed by atoms with Crippen LogP contribution in [0.1, 0.15) is 16.7 Å². The number of hydrogen-bond donors (Lipinski definition) is 0. The maximum atomic E-state index is 2.16. The number of hydrogen-bond acceptors (Lipinski definition) is 0. The fourth-order valence-electron chi connectivity index (χ4n) is 3.97. The SMILES string of the molecule is Cc1cccc2[cH-]ccc12.Cc1cccc2[cH-]ccc12.Cc1cccc2[cH-]ccc12.[Cl-].[Cl-].[Cl-].[Ti+2].[Ti+2].[Ti+2]. The van der Waals surface area contributed by atoms with Crippen LogP contribution in [-0.4, -0.2) is 0 Å². The molecule has 0 aliphatic heterocycles. The van der Waals surface area contributed by atoms with Crippen LogP contribution in [0.25, 0.3) is 32.3 Å². The summed E-state index contributed by atoms with van der Waals surface area (Å²) in [5.74, 6) is 0. The predicted molar refractivity (Wildman–Crippen MR) is 133 cm³/mol. The van der Waals surface area contributed by atoms with Gasteiger partial charge in [0, 0.05) is 0 Å². The van der Waals surface area contributed by atoms with Crippen LogP contribution in [0, 0.1) is 20.8 Å². The van der Waals surface area contributed by atoms with Crippen LogP contribution in [0.3, 0.4) is 0 Å². The van der Waals surface area contributed by atoms with Crippen molar-refractivity contribution in [2.24, 2.45) is 0 Å². The van der Waals surface area contributed by atoms with Crippen molar-refractivity contribution in [2.45, 2.75) is 20.8 Å². The molecule has 0 heterocycles. The molecule has 6 rings (SSSR count). The van der Waals surface area contributed by atoms with Crippen LogP contribution in [0.15, 0.2) is 109 Å². The van der Waals surface area contributed by atoms with Crippen molar-refractivity contribution in [2.75, 3.05) is 0 Å². The largest absolute Gasteiger partial charge is 2.00 e. The number of fused-ring (bicyclic) bond motifs is 3. The summed E-state index contributed by atoms with van der Waals surface area (Å²) in [5, 5.41) is 8.17. The maximum Gasteiger partial charge on any atom is 2.00 e. The Hall–Kier alpha value is -0.497. The molecular weight excluding hydrogens is 610 g/mol. The fourth-order valence-corrected chi connectivity index (χ4v) is 3.97. The van der Waals surface area contributed by atoms with E-state index in [0.717, 1.165) is 0 Å². The van der Waals surface area contributed by atoms with Gasteiger partial charge in [0.05, 0.1) is 0 Å². The van der Waals surface area contributed by atoms with Crippen molar-refractivity contribution < 1.29 is 102 Å². The summed E-state index contributed by atoms with van der Waals surface area (Å²) in [6.07, 6.45) is 0. The van der Waals surface area contributed by atoms with Crippen LogP contribution >= 0.6 is 0 Å². The van der Waals surface area contributed by atoms with Gasteiger partial charge in [-0.25, -0.2) is 0 Å². The first-order valence-corrected chi connectivity index (χ1v) is 10.5. The summed E-state index contributed by atoms with van der Waals surface area (Å²) in [7, 11) is 0. The molecule has 0 atom stereocenters. The summed E-state index contributed by atoms with van der Waals surface area (Å²) in [5.41, 5.74) is 4.09. The second kappa shape index (κ2) is 19.6. The summed E-state index contributed by atoms with van der Waals surface area (Å²) in [4.78, 5) is 0. The van der Waals surface area contributed by atoms with E-state index in [1.165, 1.54) is 49.0 Å². The first-order valence-electron chi connectivity index (χ1n) is 10.5. The molecule has 0 aromatic heterocycles. The molecule has 0 nitrogen and oxygen atoms in total. The maximum absolute atomic E-state index is 2.16. The Morgan fingerprint density at radius 3 is 0.861 bits per heavy atom. The van der Waals surface area contributed by atoms with E-state index in [0.29, 0.717) is 0 Å². The number of aryl methyl sites for hydroxylation is 3. The van der Waals surface area contributed by atoms with Crippen LogP contribution in [0.4, 0.5) is 0 Å².